The van der Waals surface area contributed by atoms with Crippen molar-refractivity contribution in [2.24, 2.45) is 0 Å². The molecule has 0 aromatic heterocycles. The number of hydrogen-bond donors (Lipinski definition) is 0. The fraction of sp³-hybridized carbons (Fsp3) is 0.133. The molecule has 5 heteroatoms. The second-order valence-electron chi connectivity index (χ2n) is 3.98. The molecule has 2 aromatic rings. The third-order valence-corrected chi connectivity index (χ3v) is 3.00. The zero-order valence-electron chi connectivity index (χ0n) is 10.7. The Balaban J connectivity index is 2.25. The molecule has 0 radical (unpaired) electrons. The van der Waals surface area contributed by atoms with Crippen molar-refractivity contribution in [3.05, 3.63) is 58.4 Å². The van der Waals surface area contributed by atoms with Crippen molar-refractivity contribution < 1.29 is 13.9 Å². The Morgan fingerprint density at radius 3 is 2.75 bits per heavy atom. The van der Waals surface area contributed by atoms with Crippen molar-refractivity contribution in [3.8, 4) is 17.6 Å². The van der Waals surface area contributed by atoms with Crippen molar-refractivity contribution in [1.82, 2.24) is 0 Å². The summed E-state index contributed by atoms with van der Waals surface area (Å²) in [5.41, 5.74) is 1.12. The van der Waals surface area contributed by atoms with Gasteiger partial charge in [-0.15, -0.1) is 0 Å². The standard InChI is InChI=1S/C15H11ClFNO2/c1-19-14-6-5-10(8-18)7-11(14)9-20-15-12(16)3-2-4-13(15)17/h2-7H,9H2,1H3. The van der Waals surface area contributed by atoms with Gasteiger partial charge >= 0.3 is 0 Å². The van der Waals surface area contributed by atoms with E-state index in [1.807, 2.05) is 6.07 Å². The van der Waals surface area contributed by atoms with E-state index in [1.165, 1.54) is 19.2 Å². The first-order valence-corrected chi connectivity index (χ1v) is 6.17. The highest BCUT2D eigenvalue weighted by Gasteiger charge is 2.11. The topological polar surface area (TPSA) is 42.2 Å². The largest absolute Gasteiger partial charge is 0.496 e. The van der Waals surface area contributed by atoms with E-state index in [2.05, 4.69) is 0 Å². The van der Waals surface area contributed by atoms with Gasteiger partial charge in [-0.05, 0) is 30.3 Å². The van der Waals surface area contributed by atoms with Gasteiger partial charge in [0.05, 0.1) is 23.8 Å². The van der Waals surface area contributed by atoms with Gasteiger partial charge in [-0.25, -0.2) is 4.39 Å². The lowest BCUT2D eigenvalue weighted by Crippen LogP contribution is -2.01. The maximum absolute atomic E-state index is 13.6. The van der Waals surface area contributed by atoms with Gasteiger partial charge in [0.1, 0.15) is 12.4 Å². The highest BCUT2D eigenvalue weighted by Crippen LogP contribution is 2.29. The molecule has 2 rings (SSSR count). The van der Waals surface area contributed by atoms with Crippen LogP contribution in [0.5, 0.6) is 11.5 Å². The van der Waals surface area contributed by atoms with Gasteiger partial charge in [0.15, 0.2) is 11.6 Å². The molecule has 0 atom stereocenters. The number of rotatable bonds is 4. The zero-order valence-corrected chi connectivity index (χ0v) is 11.4. The number of para-hydroxylation sites is 1. The molecule has 102 valence electrons. The molecule has 0 unspecified atom stereocenters. The van der Waals surface area contributed by atoms with Crippen molar-refractivity contribution in [2.45, 2.75) is 6.61 Å². The molecule has 3 nitrogen and oxygen atoms in total. The van der Waals surface area contributed by atoms with Crippen LogP contribution in [0.15, 0.2) is 36.4 Å². The summed E-state index contributed by atoms with van der Waals surface area (Å²) >= 11 is 5.88. The monoisotopic (exact) mass is 291 g/mol. The fourth-order valence-corrected chi connectivity index (χ4v) is 1.95. The first-order chi connectivity index (χ1) is 9.65. The molecular formula is C15H11ClFNO2. The zero-order chi connectivity index (χ0) is 14.5. The van der Waals surface area contributed by atoms with Crippen LogP contribution in [0.25, 0.3) is 0 Å². The number of ether oxygens (including phenoxy) is 2. The summed E-state index contributed by atoms with van der Waals surface area (Å²) in [7, 11) is 1.51. The van der Waals surface area contributed by atoms with Crippen LogP contribution >= 0.6 is 11.6 Å². The number of methoxy groups -OCH3 is 1. The van der Waals surface area contributed by atoms with Crippen molar-refractivity contribution in [2.75, 3.05) is 7.11 Å². The molecular weight excluding hydrogens is 281 g/mol. The van der Waals surface area contributed by atoms with E-state index in [4.69, 9.17) is 26.3 Å². The number of benzene rings is 2. The van der Waals surface area contributed by atoms with Gasteiger partial charge in [0.2, 0.25) is 0 Å². The summed E-state index contributed by atoms with van der Waals surface area (Å²) in [6, 6.07) is 11.3. The highest BCUT2D eigenvalue weighted by atomic mass is 35.5. The molecule has 0 heterocycles. The predicted molar refractivity (Wildman–Crippen MR) is 73.5 cm³/mol. The Bertz CT molecular complexity index is 647. The van der Waals surface area contributed by atoms with Gasteiger partial charge in [-0.3, -0.25) is 0 Å². The quantitative estimate of drug-likeness (QED) is 0.857. The molecule has 20 heavy (non-hydrogen) atoms. The first-order valence-electron chi connectivity index (χ1n) is 5.79. The van der Waals surface area contributed by atoms with E-state index in [1.54, 1.807) is 24.3 Å². The van der Waals surface area contributed by atoms with Gasteiger partial charge in [0, 0.05) is 5.56 Å². The molecule has 0 saturated carbocycles. The average Bonchev–Trinajstić information content (AvgIpc) is 2.46. The Hall–Kier alpha value is -2.25. The molecule has 2 aromatic carbocycles. The third-order valence-electron chi connectivity index (χ3n) is 2.70. The van der Waals surface area contributed by atoms with E-state index < -0.39 is 5.82 Å². The normalized spacial score (nSPS) is 9.90. The summed E-state index contributed by atoms with van der Waals surface area (Å²) in [5, 5.41) is 9.08. The SMILES string of the molecule is COc1ccc(C#N)cc1COc1c(F)cccc1Cl. The Morgan fingerprint density at radius 1 is 1.30 bits per heavy atom. The van der Waals surface area contributed by atoms with Gasteiger partial charge < -0.3 is 9.47 Å². The van der Waals surface area contributed by atoms with Gasteiger partial charge in [-0.2, -0.15) is 5.26 Å². The van der Waals surface area contributed by atoms with Gasteiger partial charge in [-0.1, -0.05) is 17.7 Å². The van der Waals surface area contributed by atoms with Crippen LogP contribution in [0, 0.1) is 17.1 Å². The number of nitriles is 1. The molecule has 0 aliphatic heterocycles. The maximum Gasteiger partial charge on any atom is 0.174 e. The van der Waals surface area contributed by atoms with Crippen molar-refractivity contribution >= 4 is 11.6 Å². The minimum Gasteiger partial charge on any atom is -0.496 e. The summed E-state index contributed by atoms with van der Waals surface area (Å²) in [6.07, 6.45) is 0. The average molecular weight is 292 g/mol. The number of halogens is 2. The lowest BCUT2D eigenvalue weighted by molar-refractivity contribution is 0.283. The second-order valence-corrected chi connectivity index (χ2v) is 4.39. The highest BCUT2D eigenvalue weighted by molar-refractivity contribution is 6.32. The van der Waals surface area contributed by atoms with E-state index >= 15 is 0 Å². The van der Waals surface area contributed by atoms with Crippen molar-refractivity contribution in [1.29, 1.82) is 5.26 Å². The molecule has 0 fully saturated rings. The summed E-state index contributed by atoms with van der Waals surface area (Å²) in [5.74, 6) is 0.0166. The molecule has 0 aliphatic carbocycles. The Labute approximate surface area is 121 Å². The van der Waals surface area contributed by atoms with Crippen LogP contribution in [0.3, 0.4) is 0 Å². The lowest BCUT2D eigenvalue weighted by atomic mass is 10.1. The minimum atomic E-state index is -0.534. The predicted octanol–water partition coefficient (Wildman–Crippen LogP) is 3.94. The Morgan fingerprint density at radius 2 is 2.10 bits per heavy atom. The molecule has 0 saturated heterocycles. The maximum atomic E-state index is 13.6. The number of hydrogen-bond acceptors (Lipinski definition) is 3. The van der Waals surface area contributed by atoms with E-state index in [0.29, 0.717) is 16.9 Å². The summed E-state index contributed by atoms with van der Waals surface area (Å²) < 4.78 is 24.2. The van der Waals surface area contributed by atoms with Gasteiger partial charge in [0.25, 0.3) is 0 Å². The van der Waals surface area contributed by atoms with Crippen LogP contribution < -0.4 is 9.47 Å². The Kier molecular flexibility index (Phi) is 4.44. The minimum absolute atomic E-state index is 0.0152. The summed E-state index contributed by atoms with van der Waals surface area (Å²) in [4.78, 5) is 0. The summed E-state index contributed by atoms with van der Waals surface area (Å²) in [6.45, 7) is 0.0549. The molecule has 0 N–H and O–H groups in total. The van der Waals surface area contributed by atoms with E-state index in [9.17, 15) is 4.39 Å². The molecule has 0 bridgehead atoms. The van der Waals surface area contributed by atoms with Crippen LogP contribution in [0.1, 0.15) is 11.1 Å². The third kappa shape index (κ3) is 3.01. The number of nitrogens with zero attached hydrogens (tertiary/aromatic N) is 1. The van der Waals surface area contributed by atoms with Crippen LogP contribution in [-0.4, -0.2) is 7.11 Å². The smallest absolute Gasteiger partial charge is 0.174 e. The van der Waals surface area contributed by atoms with Crippen LogP contribution in [-0.2, 0) is 6.61 Å². The molecule has 0 amide bonds. The van der Waals surface area contributed by atoms with Crippen molar-refractivity contribution in [3.63, 3.8) is 0 Å². The van der Waals surface area contributed by atoms with E-state index in [-0.39, 0.29) is 17.4 Å². The molecule has 0 aliphatic rings. The van der Waals surface area contributed by atoms with Crippen LogP contribution in [0.2, 0.25) is 5.02 Å². The first kappa shape index (κ1) is 14.2. The van der Waals surface area contributed by atoms with Crippen LogP contribution in [0.4, 0.5) is 4.39 Å². The lowest BCUT2D eigenvalue weighted by Gasteiger charge is -2.12. The second kappa shape index (κ2) is 6.27. The van der Waals surface area contributed by atoms with E-state index in [0.717, 1.165) is 0 Å². The molecule has 0 spiro atoms. The fourth-order valence-electron chi connectivity index (χ4n) is 1.73.